The van der Waals surface area contributed by atoms with Crippen LogP contribution in [0, 0.1) is 0 Å². The molecule has 3 nitrogen and oxygen atoms in total. The van der Waals surface area contributed by atoms with Gasteiger partial charge in [0.05, 0.1) is 0 Å². The fourth-order valence-electron chi connectivity index (χ4n) is 2.98. The molecule has 2 rings (SSSR count). The van der Waals surface area contributed by atoms with Crippen molar-refractivity contribution in [1.29, 1.82) is 0 Å². The van der Waals surface area contributed by atoms with Crippen molar-refractivity contribution in [3.63, 3.8) is 0 Å². The average molecular weight is 275 g/mol. The minimum atomic E-state index is 0.364. The van der Waals surface area contributed by atoms with E-state index in [2.05, 4.69) is 55.0 Å². The Balaban J connectivity index is 2.10. The lowest BCUT2D eigenvalue weighted by molar-refractivity contribution is 0.208. The van der Waals surface area contributed by atoms with E-state index in [1.54, 1.807) is 0 Å². The highest BCUT2D eigenvalue weighted by molar-refractivity contribution is 5.27. The summed E-state index contributed by atoms with van der Waals surface area (Å²) in [5, 5.41) is 0. The second-order valence-electron chi connectivity index (χ2n) is 6.27. The van der Waals surface area contributed by atoms with E-state index in [1.165, 1.54) is 24.1 Å². The van der Waals surface area contributed by atoms with Gasteiger partial charge in [-0.15, -0.1) is 0 Å². The Hall–Kier alpha value is -0.900. The first kappa shape index (κ1) is 15.5. The number of hydrogen-bond donors (Lipinski definition) is 1. The van der Waals surface area contributed by atoms with E-state index in [4.69, 9.17) is 5.73 Å². The topological polar surface area (TPSA) is 32.5 Å². The molecule has 1 aliphatic heterocycles. The van der Waals surface area contributed by atoms with Crippen molar-refractivity contribution < 1.29 is 0 Å². The zero-order valence-electron chi connectivity index (χ0n) is 13.2. The van der Waals surface area contributed by atoms with Gasteiger partial charge in [0, 0.05) is 32.2 Å². The molecule has 0 amide bonds. The smallest absolute Gasteiger partial charge is 0.0471 e. The standard InChI is InChI=1S/C17H29N3/c1-14(2)15-5-7-16(8-6-15)17(13-18)20-10-4-9-19(3)11-12-20/h5-8,14,17H,4,9-13,18H2,1-3H3. The fourth-order valence-corrected chi connectivity index (χ4v) is 2.98. The van der Waals surface area contributed by atoms with E-state index in [1.807, 2.05) is 0 Å². The molecular formula is C17H29N3. The number of benzene rings is 1. The summed E-state index contributed by atoms with van der Waals surface area (Å²) in [6.45, 7) is 9.77. The van der Waals surface area contributed by atoms with E-state index in [-0.39, 0.29) is 0 Å². The summed E-state index contributed by atoms with van der Waals surface area (Å²) in [6.07, 6.45) is 1.23. The van der Waals surface area contributed by atoms with Crippen LogP contribution in [0.4, 0.5) is 0 Å². The fraction of sp³-hybridized carbons (Fsp3) is 0.647. The molecule has 1 saturated heterocycles. The minimum absolute atomic E-state index is 0.364. The Kier molecular flexibility index (Phi) is 5.58. The van der Waals surface area contributed by atoms with Crippen LogP contribution in [0.1, 0.15) is 43.4 Å². The quantitative estimate of drug-likeness (QED) is 0.916. The molecule has 0 saturated carbocycles. The third kappa shape index (κ3) is 3.81. The van der Waals surface area contributed by atoms with Crippen molar-refractivity contribution in [2.24, 2.45) is 5.73 Å². The molecule has 1 aliphatic rings. The van der Waals surface area contributed by atoms with Gasteiger partial charge in [-0.3, -0.25) is 4.90 Å². The van der Waals surface area contributed by atoms with Crippen LogP contribution in [0.25, 0.3) is 0 Å². The second kappa shape index (κ2) is 7.21. The van der Waals surface area contributed by atoms with Crippen LogP contribution in [0.2, 0.25) is 0 Å². The molecule has 1 unspecified atom stereocenters. The van der Waals surface area contributed by atoms with Crippen LogP contribution in [-0.4, -0.2) is 49.6 Å². The zero-order chi connectivity index (χ0) is 14.5. The average Bonchev–Trinajstić information content (AvgIpc) is 2.65. The molecule has 0 bridgehead atoms. The molecule has 1 aromatic carbocycles. The Morgan fingerprint density at radius 2 is 1.65 bits per heavy atom. The van der Waals surface area contributed by atoms with Gasteiger partial charge in [0.1, 0.15) is 0 Å². The summed E-state index contributed by atoms with van der Waals surface area (Å²) < 4.78 is 0. The zero-order valence-corrected chi connectivity index (χ0v) is 13.2. The van der Waals surface area contributed by atoms with E-state index in [9.17, 15) is 0 Å². The van der Waals surface area contributed by atoms with Gasteiger partial charge in [0.25, 0.3) is 0 Å². The molecule has 112 valence electrons. The van der Waals surface area contributed by atoms with Gasteiger partial charge in [0.15, 0.2) is 0 Å². The van der Waals surface area contributed by atoms with E-state index in [0.29, 0.717) is 18.5 Å². The maximum Gasteiger partial charge on any atom is 0.0471 e. The molecule has 0 aromatic heterocycles. The van der Waals surface area contributed by atoms with Crippen molar-refractivity contribution in [2.75, 3.05) is 39.8 Å². The summed E-state index contributed by atoms with van der Waals surface area (Å²) in [4.78, 5) is 4.96. The van der Waals surface area contributed by atoms with Crippen molar-refractivity contribution >= 4 is 0 Å². The first-order valence-corrected chi connectivity index (χ1v) is 7.84. The van der Waals surface area contributed by atoms with Gasteiger partial charge < -0.3 is 10.6 Å². The Morgan fingerprint density at radius 3 is 2.25 bits per heavy atom. The molecule has 1 aromatic rings. The van der Waals surface area contributed by atoms with Crippen LogP contribution < -0.4 is 5.73 Å². The summed E-state index contributed by atoms with van der Waals surface area (Å²) in [7, 11) is 2.21. The van der Waals surface area contributed by atoms with Gasteiger partial charge in [-0.05, 0) is 37.1 Å². The highest BCUT2D eigenvalue weighted by Crippen LogP contribution is 2.23. The highest BCUT2D eigenvalue weighted by atomic mass is 15.2. The van der Waals surface area contributed by atoms with Gasteiger partial charge in [0.2, 0.25) is 0 Å². The summed E-state index contributed by atoms with van der Waals surface area (Å²) >= 11 is 0. The van der Waals surface area contributed by atoms with Crippen molar-refractivity contribution in [2.45, 2.75) is 32.2 Å². The van der Waals surface area contributed by atoms with E-state index < -0.39 is 0 Å². The predicted octanol–water partition coefficient (Wildman–Crippen LogP) is 2.45. The first-order valence-electron chi connectivity index (χ1n) is 7.84. The van der Waals surface area contributed by atoms with Gasteiger partial charge in [-0.25, -0.2) is 0 Å². The van der Waals surface area contributed by atoms with Crippen LogP contribution >= 0.6 is 0 Å². The van der Waals surface area contributed by atoms with Crippen LogP contribution in [-0.2, 0) is 0 Å². The second-order valence-corrected chi connectivity index (χ2v) is 6.27. The Bertz CT molecular complexity index is 399. The third-order valence-corrected chi connectivity index (χ3v) is 4.41. The van der Waals surface area contributed by atoms with Crippen LogP contribution in [0.15, 0.2) is 24.3 Å². The summed E-state index contributed by atoms with van der Waals surface area (Å²) in [6, 6.07) is 9.41. The van der Waals surface area contributed by atoms with Crippen LogP contribution in [0.3, 0.4) is 0 Å². The van der Waals surface area contributed by atoms with Crippen LogP contribution in [0.5, 0.6) is 0 Å². The molecule has 20 heavy (non-hydrogen) atoms. The first-order chi connectivity index (χ1) is 9.61. The minimum Gasteiger partial charge on any atom is -0.329 e. The highest BCUT2D eigenvalue weighted by Gasteiger charge is 2.21. The number of hydrogen-bond acceptors (Lipinski definition) is 3. The van der Waals surface area contributed by atoms with Gasteiger partial charge in [-0.2, -0.15) is 0 Å². The molecule has 2 N–H and O–H groups in total. The maximum atomic E-state index is 6.06. The molecule has 0 aliphatic carbocycles. The molecule has 3 heteroatoms. The van der Waals surface area contributed by atoms with Crippen molar-refractivity contribution in [3.05, 3.63) is 35.4 Å². The van der Waals surface area contributed by atoms with Crippen molar-refractivity contribution in [3.8, 4) is 0 Å². The van der Waals surface area contributed by atoms with E-state index >= 15 is 0 Å². The number of rotatable bonds is 4. The molecular weight excluding hydrogens is 246 g/mol. The number of nitrogens with two attached hydrogens (primary N) is 1. The van der Waals surface area contributed by atoms with E-state index in [0.717, 1.165) is 19.6 Å². The maximum absolute atomic E-state index is 6.06. The molecule has 1 heterocycles. The number of likely N-dealkylation sites (N-methyl/N-ethyl adjacent to an activating group) is 1. The SMILES string of the molecule is CC(C)c1ccc(C(CN)N2CCCN(C)CC2)cc1. The molecule has 0 radical (unpaired) electrons. The summed E-state index contributed by atoms with van der Waals surface area (Å²) in [5.41, 5.74) is 8.83. The largest absolute Gasteiger partial charge is 0.329 e. The molecule has 1 fully saturated rings. The molecule has 0 spiro atoms. The normalized spacial score (nSPS) is 20.1. The summed E-state index contributed by atoms with van der Waals surface area (Å²) in [5.74, 6) is 0.590. The predicted molar refractivity (Wildman–Crippen MR) is 86.0 cm³/mol. The lowest BCUT2D eigenvalue weighted by Crippen LogP contribution is -2.36. The third-order valence-electron chi connectivity index (χ3n) is 4.41. The number of nitrogens with zero attached hydrogens (tertiary/aromatic N) is 2. The van der Waals surface area contributed by atoms with Gasteiger partial charge in [-0.1, -0.05) is 38.1 Å². The monoisotopic (exact) mass is 275 g/mol. The lowest BCUT2D eigenvalue weighted by atomic mass is 9.98. The van der Waals surface area contributed by atoms with Crippen molar-refractivity contribution in [1.82, 2.24) is 9.80 Å². The molecule has 1 atom stereocenters. The Labute approximate surface area is 123 Å². The Morgan fingerprint density at radius 1 is 1.00 bits per heavy atom. The van der Waals surface area contributed by atoms with Gasteiger partial charge >= 0.3 is 0 Å². The lowest BCUT2D eigenvalue weighted by Gasteiger charge is -2.30.